The second-order valence-corrected chi connectivity index (χ2v) is 11.8. The highest BCUT2D eigenvalue weighted by molar-refractivity contribution is 5.89. The number of benzene rings is 1. The van der Waals surface area contributed by atoms with Gasteiger partial charge in [-0.15, -0.1) is 0 Å². The lowest BCUT2D eigenvalue weighted by Crippen LogP contribution is -2.57. The van der Waals surface area contributed by atoms with Gasteiger partial charge in [-0.2, -0.15) is 0 Å². The number of fused-ring (bicyclic) bond motifs is 5. The summed E-state index contributed by atoms with van der Waals surface area (Å²) in [5, 5.41) is 20.4. The third-order valence-corrected chi connectivity index (χ3v) is 10.5. The molecule has 5 nitrogen and oxygen atoms in total. The van der Waals surface area contributed by atoms with Crippen LogP contribution in [0.3, 0.4) is 0 Å². The molecule has 2 N–H and O–H groups in total. The molecule has 9 atom stereocenters. The van der Waals surface area contributed by atoms with E-state index in [1.54, 1.807) is 12.1 Å². The molecule has 5 rings (SSSR count). The number of aliphatic hydroxyl groups excluding tert-OH is 2. The highest BCUT2D eigenvalue weighted by Gasteiger charge is 2.62. The van der Waals surface area contributed by atoms with E-state index in [1.165, 1.54) is 0 Å². The fourth-order valence-corrected chi connectivity index (χ4v) is 8.79. The average Bonchev–Trinajstić information content (AvgIpc) is 3.17. The van der Waals surface area contributed by atoms with Gasteiger partial charge in [-0.05, 0) is 98.0 Å². The number of rotatable bonds is 4. The molecule has 1 aromatic carbocycles. The Labute approximate surface area is 196 Å². The van der Waals surface area contributed by atoms with Crippen LogP contribution in [0.5, 0.6) is 0 Å². The minimum absolute atomic E-state index is 0.00245. The first-order valence-electron chi connectivity index (χ1n) is 12.9. The van der Waals surface area contributed by atoms with E-state index in [2.05, 4.69) is 13.8 Å². The van der Waals surface area contributed by atoms with E-state index in [9.17, 15) is 19.8 Å². The third-order valence-electron chi connectivity index (χ3n) is 10.5. The van der Waals surface area contributed by atoms with Crippen molar-refractivity contribution in [2.45, 2.75) is 77.4 Å². The molecule has 33 heavy (non-hydrogen) atoms. The lowest BCUT2D eigenvalue weighted by atomic mass is 9.44. The molecule has 1 aromatic rings. The molecule has 5 heteroatoms. The van der Waals surface area contributed by atoms with Gasteiger partial charge in [0.1, 0.15) is 12.7 Å². The molecule has 0 aliphatic heterocycles. The lowest BCUT2D eigenvalue weighted by molar-refractivity contribution is -0.162. The van der Waals surface area contributed by atoms with Crippen molar-refractivity contribution in [2.75, 3.05) is 6.61 Å². The Kier molecular flexibility index (Phi) is 5.93. The minimum atomic E-state index is -0.612. The van der Waals surface area contributed by atoms with Crippen molar-refractivity contribution >= 4 is 11.8 Å². The summed E-state index contributed by atoms with van der Waals surface area (Å²) in [6, 6.07) is 9.03. The highest BCUT2D eigenvalue weighted by atomic mass is 16.6. The van der Waals surface area contributed by atoms with Crippen molar-refractivity contribution in [3.05, 3.63) is 35.9 Å². The maximum atomic E-state index is 12.7. The number of hydrogen-bond acceptors (Lipinski definition) is 5. The number of aliphatic hydroxyl groups is 2. The van der Waals surface area contributed by atoms with Crippen LogP contribution in [0.2, 0.25) is 0 Å². The van der Waals surface area contributed by atoms with Crippen LogP contribution < -0.4 is 0 Å². The van der Waals surface area contributed by atoms with Gasteiger partial charge in [0.25, 0.3) is 0 Å². The van der Waals surface area contributed by atoms with Crippen LogP contribution in [0.4, 0.5) is 0 Å². The molecule has 0 aromatic heterocycles. The molecule has 4 fully saturated rings. The van der Waals surface area contributed by atoms with Gasteiger partial charge in [0, 0.05) is 5.92 Å². The number of Topliss-reactive ketones (excluding diaryl/α,β-unsaturated/α-hetero) is 1. The number of carbonyl (C=O) groups excluding carboxylic acids is 2. The molecular formula is C28H38O5. The number of ether oxygens (including phenoxy) is 1. The Hall–Kier alpha value is -1.72. The van der Waals surface area contributed by atoms with Gasteiger partial charge < -0.3 is 14.9 Å². The van der Waals surface area contributed by atoms with Gasteiger partial charge in [-0.1, -0.05) is 32.0 Å². The minimum Gasteiger partial charge on any atom is -0.456 e. The quantitative estimate of drug-likeness (QED) is 0.659. The van der Waals surface area contributed by atoms with Crippen molar-refractivity contribution < 1.29 is 24.5 Å². The van der Waals surface area contributed by atoms with Gasteiger partial charge in [0.2, 0.25) is 0 Å². The summed E-state index contributed by atoms with van der Waals surface area (Å²) in [7, 11) is 0. The van der Waals surface area contributed by atoms with E-state index in [0.29, 0.717) is 42.1 Å². The Morgan fingerprint density at radius 2 is 1.73 bits per heavy atom. The first kappa shape index (κ1) is 23.0. The predicted octanol–water partition coefficient (Wildman–Crippen LogP) is 4.40. The molecule has 0 spiro atoms. The van der Waals surface area contributed by atoms with Crippen LogP contribution >= 0.6 is 0 Å². The number of esters is 1. The zero-order chi connectivity index (χ0) is 23.4. The Morgan fingerprint density at radius 3 is 2.45 bits per heavy atom. The van der Waals surface area contributed by atoms with E-state index < -0.39 is 12.2 Å². The molecule has 0 bridgehead atoms. The molecule has 0 heterocycles. The molecule has 0 amide bonds. The van der Waals surface area contributed by atoms with Crippen LogP contribution in [-0.4, -0.2) is 40.8 Å². The van der Waals surface area contributed by atoms with Gasteiger partial charge in [0.15, 0.2) is 5.78 Å². The van der Waals surface area contributed by atoms with Crippen LogP contribution in [0, 0.1) is 40.4 Å². The van der Waals surface area contributed by atoms with Gasteiger partial charge in [-0.25, -0.2) is 4.79 Å². The summed E-state index contributed by atoms with van der Waals surface area (Å²) >= 11 is 0. The molecular weight excluding hydrogens is 416 g/mol. The zero-order valence-electron chi connectivity index (χ0n) is 19.9. The molecule has 4 saturated carbocycles. The largest absolute Gasteiger partial charge is 0.456 e. The van der Waals surface area contributed by atoms with Crippen molar-refractivity contribution in [1.29, 1.82) is 0 Å². The zero-order valence-corrected chi connectivity index (χ0v) is 19.9. The van der Waals surface area contributed by atoms with Gasteiger partial charge >= 0.3 is 5.97 Å². The third kappa shape index (κ3) is 3.67. The summed E-state index contributed by atoms with van der Waals surface area (Å²) in [6.07, 6.45) is 6.65. The van der Waals surface area contributed by atoms with E-state index in [4.69, 9.17) is 4.74 Å². The van der Waals surface area contributed by atoms with E-state index in [-0.39, 0.29) is 35.1 Å². The van der Waals surface area contributed by atoms with E-state index in [0.717, 1.165) is 38.5 Å². The van der Waals surface area contributed by atoms with Crippen LogP contribution in [0.1, 0.15) is 75.6 Å². The summed E-state index contributed by atoms with van der Waals surface area (Å²) in [5.41, 5.74) is 0.555. The fraction of sp³-hybridized carbons (Fsp3) is 0.714. The first-order valence-corrected chi connectivity index (χ1v) is 12.9. The smallest absolute Gasteiger partial charge is 0.338 e. The normalized spacial score (nSPS) is 44.3. The molecule has 180 valence electrons. The standard InChI is InChI=1S/C28H38O5/c1-27-13-12-21-19(20(27)10-11-22(27)24(31)16-29)9-8-18-14-23(30)25(15-28(18,21)2)33-26(32)17-6-4-3-5-7-17/h3-7,18-23,25,29-30H,8-16H2,1-2H3/t18-,19-,20-,21-,22+,23-,25-,27-,28-/m0/s1. The molecule has 0 saturated heterocycles. The van der Waals surface area contributed by atoms with Crippen molar-refractivity contribution in [1.82, 2.24) is 0 Å². The maximum Gasteiger partial charge on any atom is 0.338 e. The van der Waals surface area contributed by atoms with Crippen LogP contribution in [0.15, 0.2) is 30.3 Å². The maximum absolute atomic E-state index is 12.7. The number of carbonyl (C=O) groups is 2. The van der Waals surface area contributed by atoms with Crippen LogP contribution in [0.25, 0.3) is 0 Å². The molecule has 0 unspecified atom stereocenters. The fourth-order valence-electron chi connectivity index (χ4n) is 8.79. The van der Waals surface area contributed by atoms with Crippen molar-refractivity contribution in [2.24, 2.45) is 40.4 Å². The number of ketones is 1. The van der Waals surface area contributed by atoms with Gasteiger partial charge in [0.05, 0.1) is 11.7 Å². The molecule has 0 radical (unpaired) electrons. The van der Waals surface area contributed by atoms with Crippen LogP contribution in [-0.2, 0) is 9.53 Å². The second-order valence-electron chi connectivity index (χ2n) is 11.8. The Bertz CT molecular complexity index is 899. The summed E-state index contributed by atoms with van der Waals surface area (Å²) in [4.78, 5) is 25.2. The van der Waals surface area contributed by atoms with Crippen molar-refractivity contribution in [3.8, 4) is 0 Å². The second kappa shape index (κ2) is 8.49. The lowest BCUT2D eigenvalue weighted by Gasteiger charge is -2.61. The van der Waals surface area contributed by atoms with Gasteiger partial charge in [-0.3, -0.25) is 4.79 Å². The predicted molar refractivity (Wildman–Crippen MR) is 124 cm³/mol. The monoisotopic (exact) mass is 454 g/mol. The Morgan fingerprint density at radius 1 is 1.00 bits per heavy atom. The SMILES string of the molecule is C[C@]12C[C@H](OC(=O)c3ccccc3)[C@@H](O)C[C@@H]1CC[C@@H]1[C@@H]2CC[C@]2(C)[C@@H](C(=O)CO)CC[C@@H]12. The topological polar surface area (TPSA) is 83.8 Å². The number of hydrogen-bond donors (Lipinski definition) is 2. The van der Waals surface area contributed by atoms with Crippen molar-refractivity contribution in [3.63, 3.8) is 0 Å². The molecule has 4 aliphatic carbocycles. The summed E-state index contributed by atoms with van der Waals surface area (Å²) in [6.45, 7) is 4.33. The average molecular weight is 455 g/mol. The highest BCUT2D eigenvalue weighted by Crippen LogP contribution is 2.67. The first-order chi connectivity index (χ1) is 15.8. The van der Waals surface area contributed by atoms with E-state index >= 15 is 0 Å². The summed E-state index contributed by atoms with van der Waals surface area (Å²) in [5.74, 6) is 1.72. The summed E-state index contributed by atoms with van der Waals surface area (Å²) < 4.78 is 5.89. The Balaban J connectivity index is 1.36. The molecule has 4 aliphatic rings. The van der Waals surface area contributed by atoms with E-state index in [1.807, 2.05) is 18.2 Å².